The molecule has 0 radical (unpaired) electrons. The van der Waals surface area contributed by atoms with Crippen LogP contribution in [0.5, 0.6) is 5.75 Å². The Balaban J connectivity index is 1.83. The van der Waals surface area contributed by atoms with Crippen LogP contribution in [0.25, 0.3) is 0 Å². The van der Waals surface area contributed by atoms with Crippen molar-refractivity contribution in [2.24, 2.45) is 0 Å². The lowest BCUT2D eigenvalue weighted by molar-refractivity contribution is -0.117. The van der Waals surface area contributed by atoms with Crippen molar-refractivity contribution in [3.8, 4) is 5.75 Å². The molecule has 1 atom stereocenters. The maximum atomic E-state index is 13.0. The third kappa shape index (κ3) is 4.88. The quantitative estimate of drug-likeness (QED) is 0.620. The van der Waals surface area contributed by atoms with Gasteiger partial charge in [-0.2, -0.15) is 0 Å². The molecular weight excluding hydrogens is 336 g/mol. The van der Waals surface area contributed by atoms with Crippen molar-refractivity contribution in [1.82, 2.24) is 0 Å². The van der Waals surface area contributed by atoms with Gasteiger partial charge in [0.15, 0.2) is 0 Å². The zero-order valence-corrected chi connectivity index (χ0v) is 15.6. The number of hydrogen-bond donors (Lipinski definition) is 2. The molecule has 0 fully saturated rings. The predicted molar refractivity (Wildman–Crippen MR) is 110 cm³/mol. The zero-order chi connectivity index (χ0) is 19.1. The fourth-order valence-corrected chi connectivity index (χ4v) is 2.86. The van der Waals surface area contributed by atoms with Crippen molar-refractivity contribution in [3.05, 3.63) is 90.0 Å². The Morgan fingerprint density at radius 2 is 1.67 bits per heavy atom. The highest BCUT2D eigenvalue weighted by atomic mass is 16.5. The number of carbonyl (C=O) groups excluding carboxylic acids is 1. The number of carbonyl (C=O) groups is 1. The van der Waals surface area contributed by atoms with Crippen molar-refractivity contribution in [3.63, 3.8) is 0 Å². The molecule has 4 heteroatoms. The molecule has 0 unspecified atom stereocenters. The fraction of sp³-hybridized carbons (Fsp3) is 0.174. The number of amides is 1. The van der Waals surface area contributed by atoms with Gasteiger partial charge in [0.25, 0.3) is 5.91 Å². The number of ether oxygens (including phenoxy) is 1. The monoisotopic (exact) mass is 360 g/mol. The summed E-state index contributed by atoms with van der Waals surface area (Å²) in [7, 11) is 1.61. The smallest absolute Gasteiger partial charge is 0.251 e. The van der Waals surface area contributed by atoms with Crippen molar-refractivity contribution in [2.75, 3.05) is 17.7 Å². The first kappa shape index (κ1) is 18.5. The average molecular weight is 360 g/mol. The Bertz CT molecular complexity index is 876. The van der Waals surface area contributed by atoms with E-state index in [0.29, 0.717) is 11.4 Å². The molecule has 27 heavy (non-hydrogen) atoms. The van der Waals surface area contributed by atoms with Gasteiger partial charge >= 0.3 is 0 Å². The van der Waals surface area contributed by atoms with E-state index in [-0.39, 0.29) is 5.91 Å². The van der Waals surface area contributed by atoms with Crippen molar-refractivity contribution < 1.29 is 9.53 Å². The van der Waals surface area contributed by atoms with E-state index in [1.165, 1.54) is 5.56 Å². The predicted octanol–water partition coefficient (Wildman–Crippen LogP) is 5.05. The molecule has 0 bridgehead atoms. The van der Waals surface area contributed by atoms with Gasteiger partial charge in [0, 0.05) is 17.4 Å². The zero-order valence-electron chi connectivity index (χ0n) is 15.6. The van der Waals surface area contributed by atoms with Gasteiger partial charge < -0.3 is 15.4 Å². The molecule has 0 aliphatic carbocycles. The van der Waals surface area contributed by atoms with Gasteiger partial charge in [-0.1, -0.05) is 55.5 Å². The SMILES string of the molecule is CCc1ccc(N[C@H](C(=O)Nc2cccc(OC)c2)c2ccccc2)cc1. The molecule has 0 heterocycles. The van der Waals surface area contributed by atoms with Gasteiger partial charge in [0.1, 0.15) is 11.8 Å². The minimum Gasteiger partial charge on any atom is -0.497 e. The highest BCUT2D eigenvalue weighted by Crippen LogP contribution is 2.23. The molecule has 3 rings (SSSR count). The molecule has 138 valence electrons. The third-order valence-corrected chi connectivity index (χ3v) is 4.41. The number of aryl methyl sites for hydroxylation is 1. The van der Waals surface area contributed by atoms with E-state index in [9.17, 15) is 4.79 Å². The summed E-state index contributed by atoms with van der Waals surface area (Å²) in [6, 6.07) is 24.7. The number of benzene rings is 3. The minimum absolute atomic E-state index is 0.131. The van der Waals surface area contributed by atoms with Crippen LogP contribution in [-0.2, 0) is 11.2 Å². The first-order chi connectivity index (χ1) is 13.2. The van der Waals surface area contributed by atoms with Gasteiger partial charge in [-0.25, -0.2) is 0 Å². The van der Waals surface area contributed by atoms with Crippen LogP contribution in [0.3, 0.4) is 0 Å². The van der Waals surface area contributed by atoms with Gasteiger partial charge in [-0.3, -0.25) is 4.79 Å². The summed E-state index contributed by atoms with van der Waals surface area (Å²) >= 11 is 0. The highest BCUT2D eigenvalue weighted by Gasteiger charge is 2.20. The topological polar surface area (TPSA) is 50.4 Å². The van der Waals surface area contributed by atoms with Crippen LogP contribution in [0, 0.1) is 0 Å². The molecule has 1 amide bonds. The Labute approximate surface area is 160 Å². The van der Waals surface area contributed by atoms with Crippen LogP contribution in [0.1, 0.15) is 24.1 Å². The van der Waals surface area contributed by atoms with E-state index in [1.807, 2.05) is 60.7 Å². The largest absolute Gasteiger partial charge is 0.497 e. The third-order valence-electron chi connectivity index (χ3n) is 4.41. The summed E-state index contributed by atoms with van der Waals surface area (Å²) in [5.74, 6) is 0.571. The maximum Gasteiger partial charge on any atom is 0.251 e. The summed E-state index contributed by atoms with van der Waals surface area (Å²) in [5, 5.41) is 6.33. The van der Waals surface area contributed by atoms with Crippen molar-refractivity contribution in [2.45, 2.75) is 19.4 Å². The number of rotatable bonds is 7. The Kier molecular flexibility index (Phi) is 6.10. The van der Waals surface area contributed by atoms with Crippen molar-refractivity contribution >= 4 is 17.3 Å². The lowest BCUT2D eigenvalue weighted by Crippen LogP contribution is -2.27. The second kappa shape index (κ2) is 8.90. The van der Waals surface area contributed by atoms with E-state index >= 15 is 0 Å². The standard InChI is InChI=1S/C23H24N2O2/c1-3-17-12-14-19(15-13-17)24-22(18-8-5-4-6-9-18)23(26)25-20-10-7-11-21(16-20)27-2/h4-16,22,24H,3H2,1-2H3,(H,25,26)/t22-/m0/s1. The van der Waals surface area contributed by atoms with Crippen LogP contribution in [0.4, 0.5) is 11.4 Å². The molecule has 0 aliphatic rings. The molecule has 0 saturated carbocycles. The maximum absolute atomic E-state index is 13.0. The van der Waals surface area contributed by atoms with Crippen LogP contribution in [0.2, 0.25) is 0 Å². The molecule has 0 aliphatic heterocycles. The number of nitrogens with one attached hydrogen (secondary N) is 2. The molecule has 3 aromatic carbocycles. The summed E-state index contributed by atoms with van der Waals surface area (Å²) in [5.41, 5.74) is 3.76. The van der Waals surface area contributed by atoms with Gasteiger partial charge in [-0.05, 0) is 41.8 Å². The Morgan fingerprint density at radius 3 is 2.33 bits per heavy atom. The van der Waals surface area contributed by atoms with Crippen molar-refractivity contribution in [1.29, 1.82) is 0 Å². The van der Waals surface area contributed by atoms with E-state index in [0.717, 1.165) is 17.7 Å². The van der Waals surface area contributed by atoms with Crippen LogP contribution in [0.15, 0.2) is 78.9 Å². The Morgan fingerprint density at radius 1 is 0.926 bits per heavy atom. The summed E-state index contributed by atoms with van der Waals surface area (Å²) < 4.78 is 5.23. The Hall–Kier alpha value is -3.27. The van der Waals surface area contributed by atoms with Crippen LogP contribution in [-0.4, -0.2) is 13.0 Å². The van der Waals surface area contributed by atoms with E-state index in [4.69, 9.17) is 4.74 Å². The molecule has 0 saturated heterocycles. The van der Waals surface area contributed by atoms with Gasteiger partial charge in [0.2, 0.25) is 0 Å². The second-order valence-electron chi connectivity index (χ2n) is 6.26. The van der Waals surface area contributed by atoms with Crippen LogP contribution >= 0.6 is 0 Å². The van der Waals surface area contributed by atoms with E-state index in [2.05, 4.69) is 29.7 Å². The number of anilines is 2. The first-order valence-corrected chi connectivity index (χ1v) is 9.05. The number of methoxy groups -OCH3 is 1. The van der Waals surface area contributed by atoms with Crippen LogP contribution < -0.4 is 15.4 Å². The molecule has 2 N–H and O–H groups in total. The summed E-state index contributed by atoms with van der Waals surface area (Å²) in [6.45, 7) is 2.12. The van der Waals surface area contributed by atoms with E-state index in [1.54, 1.807) is 13.2 Å². The summed E-state index contributed by atoms with van der Waals surface area (Å²) in [4.78, 5) is 13.0. The lowest BCUT2D eigenvalue weighted by atomic mass is 10.0. The summed E-state index contributed by atoms with van der Waals surface area (Å²) in [6.07, 6.45) is 0.985. The van der Waals surface area contributed by atoms with Gasteiger partial charge in [0.05, 0.1) is 7.11 Å². The van der Waals surface area contributed by atoms with E-state index < -0.39 is 6.04 Å². The molecular formula is C23H24N2O2. The fourth-order valence-electron chi connectivity index (χ4n) is 2.86. The molecule has 3 aromatic rings. The molecule has 0 aromatic heterocycles. The lowest BCUT2D eigenvalue weighted by Gasteiger charge is -2.20. The second-order valence-corrected chi connectivity index (χ2v) is 6.26. The minimum atomic E-state index is -0.509. The average Bonchev–Trinajstić information content (AvgIpc) is 2.73. The normalized spacial score (nSPS) is 11.5. The number of hydrogen-bond acceptors (Lipinski definition) is 3. The first-order valence-electron chi connectivity index (χ1n) is 9.05. The molecule has 4 nitrogen and oxygen atoms in total. The highest BCUT2D eigenvalue weighted by molar-refractivity contribution is 5.97. The van der Waals surface area contributed by atoms with Gasteiger partial charge in [-0.15, -0.1) is 0 Å². The molecule has 0 spiro atoms.